The van der Waals surface area contributed by atoms with Gasteiger partial charge in [-0.05, 0) is 44.8 Å². The van der Waals surface area contributed by atoms with Gasteiger partial charge < -0.3 is 20.0 Å². The molecular weight excluding hydrogens is 366 g/mol. The first-order chi connectivity index (χ1) is 13.9. The number of pyridine rings is 1. The first kappa shape index (κ1) is 18.9. The minimum absolute atomic E-state index is 0.285. The van der Waals surface area contributed by atoms with Crippen molar-refractivity contribution in [2.45, 2.75) is 13.3 Å². The number of carbonyl (C=O) groups is 1. The fourth-order valence-electron chi connectivity index (χ4n) is 3.45. The Kier molecular flexibility index (Phi) is 4.90. The molecule has 0 aliphatic carbocycles. The van der Waals surface area contributed by atoms with E-state index in [9.17, 15) is 9.90 Å². The number of likely N-dealkylation sites (N-methyl/N-ethyl adjacent to an activating group) is 1. The van der Waals surface area contributed by atoms with E-state index in [1.807, 2.05) is 44.6 Å². The van der Waals surface area contributed by atoms with E-state index in [1.165, 1.54) is 0 Å². The molecule has 0 saturated carbocycles. The first-order valence-corrected chi connectivity index (χ1v) is 9.44. The molecule has 0 aliphatic heterocycles. The van der Waals surface area contributed by atoms with E-state index < -0.39 is 5.97 Å². The number of nitrogens with one attached hydrogen (secondary N) is 2. The molecule has 7 heteroatoms. The van der Waals surface area contributed by atoms with Crippen LogP contribution in [0.1, 0.15) is 21.7 Å². The lowest BCUT2D eigenvalue weighted by Crippen LogP contribution is -2.15. The minimum atomic E-state index is -0.939. The number of H-pyrrole nitrogens is 2. The van der Waals surface area contributed by atoms with Gasteiger partial charge in [-0.25, -0.2) is 14.8 Å². The maximum absolute atomic E-state index is 11.6. The van der Waals surface area contributed by atoms with Crippen LogP contribution in [0.3, 0.4) is 0 Å². The number of aryl methyl sites for hydroxylation is 1. The molecule has 148 valence electrons. The molecule has 0 radical (unpaired) electrons. The third-order valence-corrected chi connectivity index (χ3v) is 5.02. The van der Waals surface area contributed by atoms with E-state index in [1.54, 1.807) is 19.2 Å². The lowest BCUT2D eigenvalue weighted by atomic mass is 9.99. The van der Waals surface area contributed by atoms with Gasteiger partial charge in [0.1, 0.15) is 11.5 Å². The number of aromatic nitrogens is 4. The molecule has 3 heterocycles. The van der Waals surface area contributed by atoms with Gasteiger partial charge in [0.25, 0.3) is 0 Å². The zero-order chi connectivity index (χ0) is 20.5. The van der Waals surface area contributed by atoms with Crippen molar-refractivity contribution in [1.82, 2.24) is 24.8 Å². The van der Waals surface area contributed by atoms with E-state index in [2.05, 4.69) is 19.9 Å². The number of imidazole rings is 1. The van der Waals surface area contributed by atoms with Crippen LogP contribution < -0.4 is 0 Å². The summed E-state index contributed by atoms with van der Waals surface area (Å²) in [6.45, 7) is 2.66. The summed E-state index contributed by atoms with van der Waals surface area (Å²) in [5, 5.41) is 10.5. The standard InChI is InChI=1S/C22H23N5O2/c1-13-4-5-14(12-17(13)22(28)29)19-20(26-18(25-19)8-11-27(2)3)15-6-9-23-21-16(15)7-10-24-21/h4-7,9-10,12H,8,11H2,1-3H3,(H,23,24)(H,25,26)(H,28,29). The number of hydrogen-bond donors (Lipinski definition) is 3. The number of aromatic carboxylic acids is 1. The van der Waals surface area contributed by atoms with Gasteiger partial charge >= 0.3 is 5.97 Å². The first-order valence-electron chi connectivity index (χ1n) is 9.44. The van der Waals surface area contributed by atoms with Crippen LogP contribution >= 0.6 is 0 Å². The van der Waals surface area contributed by atoms with Gasteiger partial charge in [0, 0.05) is 41.9 Å². The predicted octanol–water partition coefficient (Wildman–Crippen LogP) is 3.73. The number of carboxylic acids is 1. The molecule has 29 heavy (non-hydrogen) atoms. The smallest absolute Gasteiger partial charge is 0.335 e. The van der Waals surface area contributed by atoms with Crippen LogP contribution in [-0.2, 0) is 6.42 Å². The monoisotopic (exact) mass is 389 g/mol. The Labute approximate surface area is 168 Å². The quantitative estimate of drug-likeness (QED) is 0.467. The van der Waals surface area contributed by atoms with E-state index in [-0.39, 0.29) is 5.56 Å². The molecule has 4 rings (SSSR count). The highest BCUT2D eigenvalue weighted by Gasteiger charge is 2.19. The zero-order valence-corrected chi connectivity index (χ0v) is 16.7. The summed E-state index contributed by atoms with van der Waals surface area (Å²) in [6.07, 6.45) is 4.38. The molecule has 0 bridgehead atoms. The van der Waals surface area contributed by atoms with Crippen LogP contribution in [0, 0.1) is 6.92 Å². The van der Waals surface area contributed by atoms with Gasteiger partial charge in [-0.1, -0.05) is 12.1 Å². The van der Waals surface area contributed by atoms with E-state index in [4.69, 9.17) is 4.98 Å². The second kappa shape index (κ2) is 7.52. The number of aromatic amines is 2. The molecule has 0 saturated heterocycles. The molecule has 1 aromatic carbocycles. The number of fused-ring (bicyclic) bond motifs is 1. The van der Waals surface area contributed by atoms with Crippen LogP contribution in [0.5, 0.6) is 0 Å². The lowest BCUT2D eigenvalue weighted by molar-refractivity contribution is 0.0696. The zero-order valence-electron chi connectivity index (χ0n) is 16.7. The molecule has 0 fully saturated rings. The van der Waals surface area contributed by atoms with E-state index >= 15 is 0 Å². The highest BCUT2D eigenvalue weighted by molar-refractivity contribution is 5.97. The summed E-state index contributed by atoms with van der Waals surface area (Å²) >= 11 is 0. The third kappa shape index (κ3) is 3.64. The number of rotatable bonds is 6. The van der Waals surface area contributed by atoms with Crippen molar-refractivity contribution in [3.63, 3.8) is 0 Å². The largest absolute Gasteiger partial charge is 0.478 e. The maximum atomic E-state index is 11.6. The topological polar surface area (TPSA) is 97.9 Å². The van der Waals surface area contributed by atoms with Crippen molar-refractivity contribution in [2.24, 2.45) is 0 Å². The summed E-state index contributed by atoms with van der Waals surface area (Å²) in [4.78, 5) is 29.6. The number of carboxylic acid groups (broad SMARTS) is 1. The van der Waals surface area contributed by atoms with Crippen molar-refractivity contribution in [3.05, 3.63) is 59.7 Å². The van der Waals surface area contributed by atoms with Gasteiger partial charge in [-0.15, -0.1) is 0 Å². The Morgan fingerprint density at radius 1 is 1.21 bits per heavy atom. The summed E-state index contributed by atoms with van der Waals surface area (Å²) in [6, 6.07) is 9.39. The van der Waals surface area contributed by atoms with Crippen LogP contribution in [0.4, 0.5) is 0 Å². The second-order valence-corrected chi connectivity index (χ2v) is 7.39. The number of nitrogens with zero attached hydrogens (tertiary/aromatic N) is 3. The summed E-state index contributed by atoms with van der Waals surface area (Å²) in [5.41, 5.74) is 5.17. The molecule has 7 nitrogen and oxygen atoms in total. The second-order valence-electron chi connectivity index (χ2n) is 7.39. The molecule has 4 aromatic rings. The molecular formula is C22H23N5O2. The normalized spacial score (nSPS) is 11.4. The molecule has 3 aromatic heterocycles. The van der Waals surface area contributed by atoms with Crippen LogP contribution in [0.15, 0.2) is 42.7 Å². The highest BCUT2D eigenvalue weighted by Crippen LogP contribution is 2.34. The fourth-order valence-corrected chi connectivity index (χ4v) is 3.45. The van der Waals surface area contributed by atoms with Crippen molar-refractivity contribution in [2.75, 3.05) is 20.6 Å². The number of benzene rings is 1. The third-order valence-electron chi connectivity index (χ3n) is 5.02. The van der Waals surface area contributed by atoms with Gasteiger partial charge in [-0.3, -0.25) is 0 Å². The Hall–Kier alpha value is -3.45. The van der Waals surface area contributed by atoms with Crippen molar-refractivity contribution < 1.29 is 9.90 Å². The van der Waals surface area contributed by atoms with Crippen LogP contribution in [-0.4, -0.2) is 56.6 Å². The molecule has 0 unspecified atom stereocenters. The Balaban J connectivity index is 1.90. The average molecular weight is 389 g/mol. The Morgan fingerprint density at radius 3 is 2.79 bits per heavy atom. The van der Waals surface area contributed by atoms with Crippen LogP contribution in [0.2, 0.25) is 0 Å². The fraction of sp³-hybridized carbons (Fsp3) is 0.227. The summed E-state index contributed by atoms with van der Waals surface area (Å²) < 4.78 is 0. The maximum Gasteiger partial charge on any atom is 0.335 e. The van der Waals surface area contributed by atoms with Crippen molar-refractivity contribution >= 4 is 17.0 Å². The van der Waals surface area contributed by atoms with Gasteiger partial charge in [0.05, 0.1) is 17.0 Å². The molecule has 0 amide bonds. The van der Waals surface area contributed by atoms with E-state index in [0.29, 0.717) is 0 Å². The highest BCUT2D eigenvalue weighted by atomic mass is 16.4. The Morgan fingerprint density at radius 2 is 2.03 bits per heavy atom. The number of hydrogen-bond acceptors (Lipinski definition) is 4. The summed E-state index contributed by atoms with van der Waals surface area (Å²) in [7, 11) is 4.05. The molecule has 0 atom stereocenters. The minimum Gasteiger partial charge on any atom is -0.478 e. The van der Waals surface area contributed by atoms with Gasteiger partial charge in [-0.2, -0.15) is 0 Å². The molecule has 3 N–H and O–H groups in total. The lowest BCUT2D eigenvalue weighted by Gasteiger charge is -2.07. The SMILES string of the molecule is Cc1ccc(-c2nc(CCN(C)C)[nH]c2-c2ccnc3[nH]ccc23)cc1C(=O)O. The van der Waals surface area contributed by atoms with Crippen molar-refractivity contribution in [3.8, 4) is 22.5 Å². The van der Waals surface area contributed by atoms with E-state index in [0.717, 1.165) is 57.9 Å². The van der Waals surface area contributed by atoms with Gasteiger partial charge in [0.15, 0.2) is 0 Å². The molecule has 0 aliphatic rings. The van der Waals surface area contributed by atoms with Crippen LogP contribution in [0.25, 0.3) is 33.5 Å². The average Bonchev–Trinajstić information content (AvgIpc) is 3.33. The molecule has 0 spiro atoms. The van der Waals surface area contributed by atoms with Gasteiger partial charge in [0.2, 0.25) is 0 Å². The Bertz CT molecular complexity index is 1190. The predicted molar refractivity (Wildman–Crippen MR) is 113 cm³/mol. The summed E-state index contributed by atoms with van der Waals surface area (Å²) in [5.74, 6) is -0.0761. The van der Waals surface area contributed by atoms with Crippen molar-refractivity contribution in [1.29, 1.82) is 0 Å².